The van der Waals surface area contributed by atoms with Crippen molar-refractivity contribution in [2.24, 2.45) is 0 Å². The van der Waals surface area contributed by atoms with Crippen molar-refractivity contribution in [2.45, 2.75) is 87.6 Å². The van der Waals surface area contributed by atoms with Gasteiger partial charge in [0.15, 0.2) is 5.82 Å². The Hall–Kier alpha value is -5.86. The maximum atomic E-state index is 10.5. The lowest BCUT2D eigenvalue weighted by atomic mass is 9.98. The summed E-state index contributed by atoms with van der Waals surface area (Å²) in [5, 5.41) is 62.7. The van der Waals surface area contributed by atoms with Crippen LogP contribution in [0.2, 0.25) is 0 Å². The van der Waals surface area contributed by atoms with Crippen LogP contribution in [0.15, 0.2) is 85.5 Å². The van der Waals surface area contributed by atoms with Crippen LogP contribution in [-0.2, 0) is 0 Å². The summed E-state index contributed by atoms with van der Waals surface area (Å²) in [6.45, 7) is 0. The third-order valence-electron chi connectivity index (χ3n) is 11.7. The molecule has 6 aromatic rings. The summed E-state index contributed by atoms with van der Waals surface area (Å²) in [5.41, 5.74) is 6.33. The van der Waals surface area contributed by atoms with Crippen molar-refractivity contribution in [3.63, 3.8) is 0 Å². The van der Waals surface area contributed by atoms with Crippen molar-refractivity contribution in [3.8, 4) is 56.3 Å². The fraction of sp³-hybridized carbons (Fsp3) is 0.366. The number of phenolic OH excluding ortho intramolecular Hbond substituents is 2. The summed E-state index contributed by atoms with van der Waals surface area (Å²) in [5.74, 6) is 2.03. The third-order valence-corrected chi connectivity index (χ3v) is 11.7. The predicted molar refractivity (Wildman–Crippen MR) is 211 cm³/mol. The minimum absolute atomic E-state index is 0.179. The van der Waals surface area contributed by atoms with Gasteiger partial charge in [0, 0.05) is 77.9 Å². The van der Waals surface area contributed by atoms with Gasteiger partial charge in [0.1, 0.15) is 17.3 Å². The number of hydrogen-bond donors (Lipinski definition) is 7. The lowest BCUT2D eigenvalue weighted by Crippen LogP contribution is -2.47. The average molecular weight is 739 g/mol. The van der Waals surface area contributed by atoms with Crippen LogP contribution in [0, 0.1) is 0 Å². The van der Waals surface area contributed by atoms with Gasteiger partial charge in [0.25, 0.3) is 0 Å². The molecule has 4 aromatic heterocycles. The molecular formula is C41H46N12O2. The molecule has 14 heteroatoms. The highest BCUT2D eigenvalue weighted by Gasteiger charge is 2.36. The highest BCUT2D eigenvalue weighted by atomic mass is 16.3. The number of anilines is 2. The van der Waals surface area contributed by atoms with E-state index in [2.05, 4.69) is 68.7 Å². The van der Waals surface area contributed by atoms with Crippen LogP contribution in [-0.4, -0.2) is 94.3 Å². The van der Waals surface area contributed by atoms with E-state index in [9.17, 15) is 10.2 Å². The molecule has 10 rings (SSSR count). The molecule has 0 amide bonds. The maximum Gasteiger partial charge on any atom is 0.151 e. The normalized spacial score (nSPS) is 23.9. The number of benzene rings is 2. The van der Waals surface area contributed by atoms with E-state index in [1.807, 2.05) is 48.5 Å². The molecule has 55 heavy (non-hydrogen) atoms. The fourth-order valence-corrected chi connectivity index (χ4v) is 8.80. The molecule has 0 saturated carbocycles. The molecule has 0 aliphatic carbocycles. The van der Waals surface area contributed by atoms with E-state index in [0.29, 0.717) is 58.8 Å². The molecule has 4 fully saturated rings. The predicted octanol–water partition coefficient (Wildman–Crippen LogP) is 5.89. The second-order valence-corrected chi connectivity index (χ2v) is 15.3. The van der Waals surface area contributed by atoms with Crippen LogP contribution in [0.5, 0.6) is 11.5 Å². The molecule has 7 N–H and O–H groups in total. The number of nitrogens with zero attached hydrogens (tertiary/aromatic N) is 7. The first kappa shape index (κ1) is 34.9. The molecule has 4 unspecified atom stereocenters. The van der Waals surface area contributed by atoms with Gasteiger partial charge >= 0.3 is 0 Å². The lowest BCUT2D eigenvalue weighted by Gasteiger charge is -2.36. The van der Waals surface area contributed by atoms with Gasteiger partial charge in [-0.2, -0.15) is 10.2 Å². The van der Waals surface area contributed by atoms with Gasteiger partial charge in [-0.15, -0.1) is 20.4 Å². The second kappa shape index (κ2) is 15.1. The molecule has 0 spiro atoms. The van der Waals surface area contributed by atoms with E-state index in [4.69, 9.17) is 0 Å². The molecule has 4 bridgehead atoms. The van der Waals surface area contributed by atoms with Gasteiger partial charge in [0.2, 0.25) is 0 Å². The fourth-order valence-electron chi connectivity index (χ4n) is 8.80. The molecule has 2 aromatic carbocycles. The third kappa shape index (κ3) is 7.60. The van der Waals surface area contributed by atoms with Crippen molar-refractivity contribution < 1.29 is 10.2 Å². The Balaban J connectivity index is 0.000000144. The van der Waals surface area contributed by atoms with Gasteiger partial charge in [0.05, 0.1) is 23.8 Å². The lowest BCUT2D eigenvalue weighted by molar-refractivity contribution is 0.353. The Morgan fingerprint density at radius 3 is 1.58 bits per heavy atom. The Labute approximate surface area is 319 Å². The number of hydrogen-bond acceptors (Lipinski definition) is 12. The number of rotatable bonds is 8. The topological polar surface area (TPSA) is 189 Å². The van der Waals surface area contributed by atoms with Crippen LogP contribution in [0.3, 0.4) is 0 Å². The van der Waals surface area contributed by atoms with E-state index in [1.165, 1.54) is 25.7 Å². The minimum Gasteiger partial charge on any atom is -0.507 e. The number of nitrogens with one attached hydrogen (secondary N) is 5. The molecule has 282 valence electrons. The summed E-state index contributed by atoms with van der Waals surface area (Å²) >= 11 is 0. The zero-order valence-corrected chi connectivity index (χ0v) is 30.7. The van der Waals surface area contributed by atoms with Crippen LogP contribution in [0.4, 0.5) is 11.6 Å². The summed E-state index contributed by atoms with van der Waals surface area (Å²) in [6, 6.07) is 22.4. The van der Waals surface area contributed by atoms with Gasteiger partial charge in [-0.1, -0.05) is 12.1 Å². The number of piperidine rings is 2. The van der Waals surface area contributed by atoms with E-state index >= 15 is 0 Å². The monoisotopic (exact) mass is 738 g/mol. The zero-order valence-electron chi connectivity index (χ0n) is 30.7. The highest BCUT2D eigenvalue weighted by molar-refractivity contribution is 5.75. The van der Waals surface area contributed by atoms with Crippen LogP contribution in [0.1, 0.15) is 51.4 Å². The van der Waals surface area contributed by atoms with Crippen LogP contribution < -0.4 is 20.9 Å². The molecule has 0 radical (unpaired) electrons. The number of H-pyrrole nitrogens is 2. The SMILES string of the molecule is CN(c1ccc(-c2ccc(-c3cn[nH]c3)cc2O)nn1)C1CC2CCC(C1)N2.Oc1cc(-c2cn[nH]c2)ccc1-c1ccc(NC2CC3CCC(C2)N3)nn1. The maximum absolute atomic E-state index is 10.5. The van der Waals surface area contributed by atoms with Crippen LogP contribution in [0.25, 0.3) is 44.8 Å². The Morgan fingerprint density at radius 2 is 1.13 bits per heavy atom. The largest absolute Gasteiger partial charge is 0.507 e. The quantitative estimate of drug-likeness (QED) is 0.0982. The Bertz CT molecular complexity index is 2170. The van der Waals surface area contributed by atoms with Gasteiger partial charge < -0.3 is 31.1 Å². The molecular weight excluding hydrogens is 693 g/mol. The summed E-state index contributed by atoms with van der Waals surface area (Å²) < 4.78 is 0. The van der Waals surface area contributed by atoms with Crippen molar-refractivity contribution in [1.29, 1.82) is 0 Å². The minimum atomic E-state index is 0.179. The number of phenols is 2. The number of aromatic amines is 2. The highest BCUT2D eigenvalue weighted by Crippen LogP contribution is 2.35. The van der Waals surface area contributed by atoms with E-state index in [-0.39, 0.29) is 11.5 Å². The summed E-state index contributed by atoms with van der Waals surface area (Å²) in [6.07, 6.45) is 16.8. The van der Waals surface area contributed by atoms with Gasteiger partial charge in [-0.25, -0.2) is 0 Å². The zero-order chi connectivity index (χ0) is 37.3. The Morgan fingerprint density at radius 1 is 0.600 bits per heavy atom. The van der Waals surface area contributed by atoms with Gasteiger partial charge in [-0.05, 0) is 111 Å². The average Bonchev–Trinajstić information content (AvgIpc) is 4.05. The summed E-state index contributed by atoms with van der Waals surface area (Å²) in [4.78, 5) is 2.25. The number of aromatic nitrogens is 8. The molecule has 14 nitrogen and oxygen atoms in total. The molecule has 4 aliphatic heterocycles. The first-order valence-corrected chi connectivity index (χ1v) is 19.3. The number of fused-ring (bicyclic) bond motifs is 4. The summed E-state index contributed by atoms with van der Waals surface area (Å²) in [7, 11) is 2.11. The molecule has 4 saturated heterocycles. The standard InChI is InChI=1S/C21H24N6O.C20H22N6O/c1-27(17-9-15-3-4-16(10-17)24-15)21-7-6-19(25-26-21)18-5-2-13(8-20(18)28)14-11-22-23-12-14;27-19-7-12(13-10-21-22-11-13)1-4-17(19)18-5-6-20(26-25-18)24-16-8-14-2-3-15(9-16)23-14/h2,5-8,11-12,15-17,24,28H,3-4,9-10H2,1H3,(H,22,23);1,4-7,10-11,14-16,23,27H,2-3,8-9H2,(H,21,22)(H,24,26). The second-order valence-electron chi connectivity index (χ2n) is 15.3. The Kier molecular flexibility index (Phi) is 9.58. The van der Waals surface area contributed by atoms with Crippen molar-refractivity contribution in [1.82, 2.24) is 51.4 Å². The van der Waals surface area contributed by atoms with Crippen LogP contribution >= 0.6 is 0 Å². The van der Waals surface area contributed by atoms with Gasteiger partial charge in [-0.3, -0.25) is 10.2 Å². The number of aromatic hydroxyl groups is 2. The van der Waals surface area contributed by atoms with Crippen molar-refractivity contribution in [3.05, 3.63) is 85.5 Å². The smallest absolute Gasteiger partial charge is 0.151 e. The van der Waals surface area contributed by atoms with E-state index < -0.39 is 0 Å². The first-order valence-electron chi connectivity index (χ1n) is 19.3. The van der Waals surface area contributed by atoms with Crippen molar-refractivity contribution >= 4 is 11.6 Å². The van der Waals surface area contributed by atoms with E-state index in [0.717, 1.165) is 59.6 Å². The van der Waals surface area contributed by atoms with E-state index in [1.54, 1.807) is 36.9 Å². The first-order chi connectivity index (χ1) is 26.9. The van der Waals surface area contributed by atoms with Crippen molar-refractivity contribution in [2.75, 3.05) is 17.3 Å². The molecule has 4 aliphatic rings. The molecule has 4 atom stereocenters. The molecule has 8 heterocycles.